The van der Waals surface area contributed by atoms with Gasteiger partial charge in [0.15, 0.2) is 11.5 Å². The lowest BCUT2D eigenvalue weighted by Crippen LogP contribution is -2.38. The second-order valence-corrected chi connectivity index (χ2v) is 7.57. The minimum Gasteiger partial charge on any atom is -0.493 e. The SMILES string of the molecule is CNc1cc(C)nc(Nc2ccc(OC)c(OC[C@H]3CCC[C@H]3C(NC)OC)c2)n1. The first-order chi connectivity index (χ1) is 14.6. The van der Waals surface area contributed by atoms with Crippen molar-refractivity contribution in [2.45, 2.75) is 32.4 Å². The highest BCUT2D eigenvalue weighted by Crippen LogP contribution is 2.37. The van der Waals surface area contributed by atoms with E-state index in [9.17, 15) is 0 Å². The molecule has 1 heterocycles. The number of benzene rings is 1. The van der Waals surface area contributed by atoms with Crippen molar-refractivity contribution >= 4 is 17.5 Å². The molecule has 0 saturated heterocycles. The van der Waals surface area contributed by atoms with Crippen molar-refractivity contribution in [3.63, 3.8) is 0 Å². The summed E-state index contributed by atoms with van der Waals surface area (Å²) in [6, 6.07) is 7.64. The topological polar surface area (TPSA) is 89.6 Å². The number of aromatic nitrogens is 2. The van der Waals surface area contributed by atoms with Gasteiger partial charge in [-0.25, -0.2) is 4.98 Å². The number of anilines is 3. The first-order valence-corrected chi connectivity index (χ1v) is 10.4. The first-order valence-electron chi connectivity index (χ1n) is 10.4. The van der Waals surface area contributed by atoms with Crippen LogP contribution in [0.4, 0.5) is 17.5 Å². The third-order valence-electron chi connectivity index (χ3n) is 5.63. The van der Waals surface area contributed by atoms with Crippen molar-refractivity contribution in [2.75, 3.05) is 45.6 Å². The Morgan fingerprint density at radius 2 is 1.93 bits per heavy atom. The molecule has 1 aliphatic rings. The molecule has 0 spiro atoms. The number of nitrogens with zero attached hydrogens (tertiary/aromatic N) is 2. The van der Waals surface area contributed by atoms with E-state index in [0.717, 1.165) is 30.0 Å². The number of hydrogen-bond donors (Lipinski definition) is 3. The molecule has 1 saturated carbocycles. The summed E-state index contributed by atoms with van der Waals surface area (Å²) in [6.07, 6.45) is 3.52. The smallest absolute Gasteiger partial charge is 0.229 e. The highest BCUT2D eigenvalue weighted by Gasteiger charge is 2.33. The molecule has 8 heteroatoms. The maximum Gasteiger partial charge on any atom is 0.229 e. The zero-order valence-corrected chi connectivity index (χ0v) is 18.5. The molecule has 3 rings (SSSR count). The molecular formula is C22H33N5O3. The average Bonchev–Trinajstić information content (AvgIpc) is 3.21. The molecule has 1 aliphatic carbocycles. The van der Waals surface area contributed by atoms with Gasteiger partial charge < -0.3 is 24.8 Å². The number of methoxy groups -OCH3 is 2. The Morgan fingerprint density at radius 1 is 1.10 bits per heavy atom. The van der Waals surface area contributed by atoms with E-state index in [2.05, 4.69) is 25.9 Å². The van der Waals surface area contributed by atoms with Crippen LogP contribution in [-0.4, -0.2) is 51.1 Å². The molecule has 0 aliphatic heterocycles. The zero-order chi connectivity index (χ0) is 21.5. The second kappa shape index (κ2) is 10.4. The maximum absolute atomic E-state index is 6.23. The Balaban J connectivity index is 1.72. The molecule has 1 fully saturated rings. The molecule has 2 aromatic rings. The summed E-state index contributed by atoms with van der Waals surface area (Å²) in [6.45, 7) is 2.56. The van der Waals surface area contributed by atoms with Gasteiger partial charge in [-0.1, -0.05) is 6.42 Å². The zero-order valence-electron chi connectivity index (χ0n) is 18.5. The molecule has 0 bridgehead atoms. The van der Waals surface area contributed by atoms with Gasteiger partial charge in [0, 0.05) is 43.6 Å². The molecule has 1 aromatic heterocycles. The van der Waals surface area contributed by atoms with E-state index in [4.69, 9.17) is 14.2 Å². The highest BCUT2D eigenvalue weighted by atomic mass is 16.5. The Bertz CT molecular complexity index is 828. The normalized spacial score (nSPS) is 19.4. The van der Waals surface area contributed by atoms with Crippen LogP contribution in [0.3, 0.4) is 0 Å². The van der Waals surface area contributed by atoms with Gasteiger partial charge in [0.05, 0.1) is 13.7 Å². The number of hydrogen-bond acceptors (Lipinski definition) is 8. The molecule has 0 radical (unpaired) electrons. The number of rotatable bonds is 10. The number of nitrogens with one attached hydrogen (secondary N) is 3. The van der Waals surface area contributed by atoms with Gasteiger partial charge in [-0.15, -0.1) is 0 Å². The summed E-state index contributed by atoms with van der Waals surface area (Å²) in [4.78, 5) is 8.90. The highest BCUT2D eigenvalue weighted by molar-refractivity contribution is 5.60. The van der Waals surface area contributed by atoms with Crippen LogP contribution in [0.1, 0.15) is 25.0 Å². The van der Waals surface area contributed by atoms with E-state index < -0.39 is 0 Å². The van der Waals surface area contributed by atoms with Crippen molar-refractivity contribution in [2.24, 2.45) is 11.8 Å². The minimum atomic E-state index is 0.0517. The summed E-state index contributed by atoms with van der Waals surface area (Å²) in [5.74, 6) is 3.57. The fraction of sp³-hybridized carbons (Fsp3) is 0.545. The van der Waals surface area contributed by atoms with Gasteiger partial charge in [-0.3, -0.25) is 5.32 Å². The maximum atomic E-state index is 6.23. The molecular weight excluding hydrogens is 382 g/mol. The monoisotopic (exact) mass is 415 g/mol. The van der Waals surface area contributed by atoms with Crippen LogP contribution in [-0.2, 0) is 4.74 Å². The Hall–Kier alpha value is -2.58. The third kappa shape index (κ3) is 5.31. The Labute approximate surface area is 178 Å². The molecule has 3 N–H and O–H groups in total. The standard InChI is InChI=1S/C22H33N5O3/c1-14-11-20(23-2)27-22(25-14)26-16-9-10-18(28-4)19(12-16)30-13-15-7-6-8-17(15)21(24-3)29-5/h9-12,15,17,21,24H,6-8,13H2,1-5H3,(H2,23,25,26,27)/t15-,17-,21?/m1/s1. The summed E-state index contributed by atoms with van der Waals surface area (Å²) in [5.41, 5.74) is 1.72. The molecule has 30 heavy (non-hydrogen) atoms. The second-order valence-electron chi connectivity index (χ2n) is 7.57. The quantitative estimate of drug-likeness (QED) is 0.508. The van der Waals surface area contributed by atoms with E-state index in [-0.39, 0.29) is 6.23 Å². The minimum absolute atomic E-state index is 0.0517. The van der Waals surface area contributed by atoms with E-state index in [1.165, 1.54) is 6.42 Å². The third-order valence-corrected chi connectivity index (χ3v) is 5.63. The summed E-state index contributed by atoms with van der Waals surface area (Å²) < 4.78 is 17.3. The fourth-order valence-corrected chi connectivity index (χ4v) is 4.12. The van der Waals surface area contributed by atoms with Crippen LogP contribution in [0.5, 0.6) is 11.5 Å². The lowest BCUT2D eigenvalue weighted by atomic mass is 9.95. The van der Waals surface area contributed by atoms with Gasteiger partial charge in [0.25, 0.3) is 0 Å². The van der Waals surface area contributed by atoms with Crippen molar-refractivity contribution in [1.82, 2.24) is 15.3 Å². The van der Waals surface area contributed by atoms with E-state index >= 15 is 0 Å². The van der Waals surface area contributed by atoms with E-state index in [0.29, 0.717) is 35.9 Å². The fourth-order valence-electron chi connectivity index (χ4n) is 4.12. The van der Waals surface area contributed by atoms with Gasteiger partial charge >= 0.3 is 0 Å². The number of ether oxygens (including phenoxy) is 3. The van der Waals surface area contributed by atoms with Crippen molar-refractivity contribution in [3.8, 4) is 11.5 Å². The molecule has 0 amide bonds. The summed E-state index contributed by atoms with van der Waals surface area (Å²) in [7, 11) is 7.18. The lowest BCUT2D eigenvalue weighted by Gasteiger charge is -2.27. The molecule has 3 atom stereocenters. The van der Waals surface area contributed by atoms with Crippen LogP contribution in [0.2, 0.25) is 0 Å². The van der Waals surface area contributed by atoms with Gasteiger partial charge in [-0.05, 0) is 44.9 Å². The van der Waals surface area contributed by atoms with Gasteiger partial charge in [0.2, 0.25) is 5.95 Å². The Kier molecular flexibility index (Phi) is 7.70. The van der Waals surface area contributed by atoms with E-state index in [1.807, 2.05) is 45.3 Å². The number of aryl methyl sites for hydroxylation is 1. The predicted octanol–water partition coefficient (Wildman–Crippen LogP) is 3.57. The Morgan fingerprint density at radius 3 is 2.63 bits per heavy atom. The van der Waals surface area contributed by atoms with Crippen LogP contribution < -0.4 is 25.4 Å². The van der Waals surface area contributed by atoms with Crippen molar-refractivity contribution < 1.29 is 14.2 Å². The largest absolute Gasteiger partial charge is 0.493 e. The molecule has 1 unspecified atom stereocenters. The molecule has 164 valence electrons. The average molecular weight is 416 g/mol. The van der Waals surface area contributed by atoms with Crippen molar-refractivity contribution in [3.05, 3.63) is 30.0 Å². The van der Waals surface area contributed by atoms with E-state index in [1.54, 1.807) is 14.2 Å². The summed E-state index contributed by atoms with van der Waals surface area (Å²) >= 11 is 0. The molecule has 1 aromatic carbocycles. The van der Waals surface area contributed by atoms with Crippen LogP contribution in [0, 0.1) is 18.8 Å². The predicted molar refractivity (Wildman–Crippen MR) is 119 cm³/mol. The van der Waals surface area contributed by atoms with Gasteiger partial charge in [0.1, 0.15) is 12.0 Å². The molecule has 8 nitrogen and oxygen atoms in total. The van der Waals surface area contributed by atoms with Gasteiger partial charge in [-0.2, -0.15) is 4.98 Å². The van der Waals surface area contributed by atoms with Crippen LogP contribution in [0.25, 0.3) is 0 Å². The lowest BCUT2D eigenvalue weighted by molar-refractivity contribution is 0.00822. The van der Waals surface area contributed by atoms with Crippen molar-refractivity contribution in [1.29, 1.82) is 0 Å². The first kappa shape index (κ1) is 22.1. The van der Waals surface area contributed by atoms with Crippen LogP contribution in [0.15, 0.2) is 24.3 Å². The summed E-state index contributed by atoms with van der Waals surface area (Å²) in [5, 5.41) is 9.57. The van der Waals surface area contributed by atoms with Crippen LogP contribution >= 0.6 is 0 Å².